The minimum atomic E-state index is -0.427. The van der Waals surface area contributed by atoms with Gasteiger partial charge in [-0.25, -0.2) is 9.37 Å². The first-order chi connectivity index (χ1) is 13.0. The topological polar surface area (TPSA) is 63.9 Å². The minimum absolute atomic E-state index is 0.215. The molecule has 0 bridgehead atoms. The molecule has 27 heavy (non-hydrogen) atoms. The quantitative estimate of drug-likeness (QED) is 0.672. The number of carbonyl (C=O) groups is 1. The molecule has 0 N–H and O–H groups in total. The fourth-order valence-electron chi connectivity index (χ4n) is 3.02. The van der Waals surface area contributed by atoms with E-state index in [4.69, 9.17) is 11.6 Å². The van der Waals surface area contributed by atoms with Gasteiger partial charge in [-0.05, 0) is 43.7 Å². The molecule has 0 aliphatic carbocycles. The Hall–Kier alpha value is -3.06. The molecule has 3 heterocycles. The third-order valence-electron chi connectivity index (χ3n) is 4.52. The first kappa shape index (κ1) is 17.4. The first-order valence-corrected chi connectivity index (χ1v) is 8.68. The molecule has 0 fully saturated rings. The normalized spacial score (nSPS) is 15.7. The van der Waals surface area contributed by atoms with Crippen molar-refractivity contribution >= 4 is 23.6 Å². The standard InChI is InChI=1S/C19H15ClFN5O/c1-11-4-3-5-14(17(11)20)19(27)25-9-8-15-18(12(25)2)23-24-26(15)16-7-6-13(21)10-22-16/h3-10,12H,1-2H3. The summed E-state index contributed by atoms with van der Waals surface area (Å²) in [5, 5.41) is 8.75. The van der Waals surface area contributed by atoms with E-state index in [0.717, 1.165) is 11.8 Å². The fourth-order valence-corrected chi connectivity index (χ4v) is 3.23. The van der Waals surface area contributed by atoms with Gasteiger partial charge in [-0.3, -0.25) is 4.79 Å². The molecule has 1 atom stereocenters. The first-order valence-electron chi connectivity index (χ1n) is 8.31. The molecule has 0 spiro atoms. The van der Waals surface area contributed by atoms with Crippen LogP contribution in [-0.2, 0) is 0 Å². The van der Waals surface area contributed by atoms with Gasteiger partial charge in [0.05, 0.1) is 28.5 Å². The molecule has 0 saturated heterocycles. The van der Waals surface area contributed by atoms with Gasteiger partial charge in [-0.15, -0.1) is 5.10 Å². The van der Waals surface area contributed by atoms with E-state index < -0.39 is 5.82 Å². The lowest BCUT2D eigenvalue weighted by Crippen LogP contribution is -2.31. The van der Waals surface area contributed by atoms with Crippen LogP contribution in [0.15, 0.2) is 42.7 Å². The number of halogens is 2. The molecule has 2 aromatic heterocycles. The SMILES string of the molecule is Cc1cccc(C(=O)N2C=Cc3c(nnn3-c3ccc(F)cn3)C2C)c1Cl. The van der Waals surface area contributed by atoms with Crippen molar-refractivity contribution in [3.8, 4) is 5.82 Å². The summed E-state index contributed by atoms with van der Waals surface area (Å²) in [6.07, 6.45) is 4.54. The van der Waals surface area contributed by atoms with E-state index in [2.05, 4.69) is 15.3 Å². The number of hydrogen-bond acceptors (Lipinski definition) is 4. The second kappa shape index (κ2) is 6.59. The Kier molecular flexibility index (Phi) is 4.24. The van der Waals surface area contributed by atoms with Crippen molar-refractivity contribution in [1.82, 2.24) is 24.9 Å². The zero-order valence-corrected chi connectivity index (χ0v) is 15.4. The highest BCUT2D eigenvalue weighted by atomic mass is 35.5. The van der Waals surface area contributed by atoms with Crippen molar-refractivity contribution < 1.29 is 9.18 Å². The molecule has 6 nitrogen and oxygen atoms in total. The molecule has 4 rings (SSSR count). The Morgan fingerprint density at radius 1 is 1.26 bits per heavy atom. The Labute approximate surface area is 159 Å². The van der Waals surface area contributed by atoms with E-state index >= 15 is 0 Å². The summed E-state index contributed by atoms with van der Waals surface area (Å²) in [5.41, 5.74) is 2.59. The van der Waals surface area contributed by atoms with Gasteiger partial charge >= 0.3 is 0 Å². The lowest BCUT2D eigenvalue weighted by molar-refractivity contribution is 0.0774. The molecule has 0 radical (unpaired) electrons. The maximum atomic E-state index is 13.1. The van der Waals surface area contributed by atoms with Gasteiger partial charge in [-0.1, -0.05) is 28.9 Å². The number of nitrogens with zero attached hydrogens (tertiary/aromatic N) is 5. The van der Waals surface area contributed by atoms with Crippen LogP contribution in [0.3, 0.4) is 0 Å². The molecule has 1 aromatic carbocycles. The van der Waals surface area contributed by atoms with Crippen LogP contribution in [-0.4, -0.2) is 30.8 Å². The lowest BCUT2D eigenvalue weighted by atomic mass is 10.1. The van der Waals surface area contributed by atoms with Crippen LogP contribution >= 0.6 is 11.6 Å². The maximum Gasteiger partial charge on any atom is 0.259 e. The fraction of sp³-hybridized carbons (Fsp3) is 0.158. The molecule has 136 valence electrons. The molecule has 1 amide bonds. The number of benzene rings is 1. The predicted molar refractivity (Wildman–Crippen MR) is 98.9 cm³/mol. The van der Waals surface area contributed by atoms with E-state index in [1.807, 2.05) is 19.9 Å². The second-order valence-electron chi connectivity index (χ2n) is 6.25. The van der Waals surface area contributed by atoms with Crippen molar-refractivity contribution in [3.05, 3.63) is 76.1 Å². The third-order valence-corrected chi connectivity index (χ3v) is 5.03. The Balaban J connectivity index is 1.69. The van der Waals surface area contributed by atoms with Gasteiger partial charge in [0, 0.05) is 6.20 Å². The maximum absolute atomic E-state index is 13.1. The number of hydrogen-bond donors (Lipinski definition) is 0. The second-order valence-corrected chi connectivity index (χ2v) is 6.62. The van der Waals surface area contributed by atoms with Crippen molar-refractivity contribution in [2.24, 2.45) is 0 Å². The van der Waals surface area contributed by atoms with Gasteiger partial charge < -0.3 is 4.90 Å². The van der Waals surface area contributed by atoms with E-state index in [1.165, 1.54) is 16.8 Å². The van der Waals surface area contributed by atoms with Crippen molar-refractivity contribution in [2.45, 2.75) is 19.9 Å². The third kappa shape index (κ3) is 2.90. The van der Waals surface area contributed by atoms with E-state index in [-0.39, 0.29) is 11.9 Å². The van der Waals surface area contributed by atoms with Crippen molar-refractivity contribution in [3.63, 3.8) is 0 Å². The average Bonchev–Trinajstić information content (AvgIpc) is 3.09. The zero-order valence-electron chi connectivity index (χ0n) is 14.6. The summed E-state index contributed by atoms with van der Waals surface area (Å²) < 4.78 is 14.6. The van der Waals surface area contributed by atoms with Gasteiger partial charge in [0.2, 0.25) is 0 Å². The van der Waals surface area contributed by atoms with E-state index in [1.54, 1.807) is 29.3 Å². The summed E-state index contributed by atoms with van der Waals surface area (Å²) in [5.74, 6) is -0.195. The van der Waals surface area contributed by atoms with Crippen molar-refractivity contribution in [2.75, 3.05) is 0 Å². The summed E-state index contributed by atoms with van der Waals surface area (Å²) in [6.45, 7) is 3.72. The smallest absolute Gasteiger partial charge is 0.259 e. The van der Waals surface area contributed by atoms with Crippen LogP contribution in [0, 0.1) is 12.7 Å². The van der Waals surface area contributed by atoms with Gasteiger partial charge in [0.1, 0.15) is 11.5 Å². The highest BCUT2D eigenvalue weighted by Crippen LogP contribution is 2.32. The van der Waals surface area contributed by atoms with Crippen LogP contribution in [0.5, 0.6) is 0 Å². The van der Waals surface area contributed by atoms with Crippen molar-refractivity contribution in [1.29, 1.82) is 0 Å². The van der Waals surface area contributed by atoms with E-state index in [0.29, 0.717) is 27.8 Å². The van der Waals surface area contributed by atoms with Gasteiger partial charge in [0.25, 0.3) is 5.91 Å². The number of aromatic nitrogens is 4. The van der Waals surface area contributed by atoms with E-state index in [9.17, 15) is 9.18 Å². The van der Waals surface area contributed by atoms with Crippen LogP contribution in [0.25, 0.3) is 11.9 Å². The van der Waals surface area contributed by atoms with Crippen LogP contribution in [0.1, 0.15) is 40.3 Å². The molecular weight excluding hydrogens is 369 g/mol. The number of rotatable bonds is 2. The molecule has 1 aliphatic heterocycles. The highest BCUT2D eigenvalue weighted by molar-refractivity contribution is 6.34. The molecule has 8 heteroatoms. The summed E-state index contributed by atoms with van der Waals surface area (Å²) in [6, 6.07) is 7.84. The largest absolute Gasteiger partial charge is 0.306 e. The van der Waals surface area contributed by atoms with Crippen LogP contribution < -0.4 is 0 Å². The van der Waals surface area contributed by atoms with Crippen LogP contribution in [0.2, 0.25) is 5.02 Å². The Morgan fingerprint density at radius 3 is 2.81 bits per heavy atom. The Bertz CT molecular complexity index is 1060. The highest BCUT2D eigenvalue weighted by Gasteiger charge is 2.30. The average molecular weight is 384 g/mol. The monoisotopic (exact) mass is 383 g/mol. The van der Waals surface area contributed by atoms with Gasteiger partial charge in [0.15, 0.2) is 5.82 Å². The number of amides is 1. The molecule has 1 unspecified atom stereocenters. The summed E-state index contributed by atoms with van der Waals surface area (Å²) in [4.78, 5) is 18.6. The number of aryl methyl sites for hydroxylation is 1. The Morgan fingerprint density at radius 2 is 2.07 bits per heavy atom. The predicted octanol–water partition coefficient (Wildman–Crippen LogP) is 3.95. The van der Waals surface area contributed by atoms with Gasteiger partial charge in [-0.2, -0.15) is 4.68 Å². The zero-order chi connectivity index (χ0) is 19.1. The van der Waals surface area contributed by atoms with Crippen LogP contribution in [0.4, 0.5) is 4.39 Å². The number of carbonyl (C=O) groups excluding carboxylic acids is 1. The molecular formula is C19H15ClFN5O. The summed E-state index contributed by atoms with van der Waals surface area (Å²) >= 11 is 6.31. The molecule has 0 saturated carbocycles. The number of fused-ring (bicyclic) bond motifs is 1. The molecule has 3 aromatic rings. The summed E-state index contributed by atoms with van der Waals surface area (Å²) in [7, 11) is 0. The molecule has 1 aliphatic rings. The lowest BCUT2D eigenvalue weighted by Gasteiger charge is -2.28. The minimum Gasteiger partial charge on any atom is -0.306 e. The number of pyridine rings is 1.